The van der Waals surface area contributed by atoms with Gasteiger partial charge in [0, 0.05) is 12.6 Å². The Hall–Kier alpha value is -2.05. The van der Waals surface area contributed by atoms with Crippen LogP contribution in [0.3, 0.4) is 0 Å². The fraction of sp³-hybridized carbons (Fsp3) is 0.643. The second-order valence-electron chi connectivity index (χ2n) is 6.29. The molecule has 0 radical (unpaired) electrons. The van der Waals surface area contributed by atoms with Crippen molar-refractivity contribution in [2.24, 2.45) is 0 Å². The molecular weight excluding hydrogens is 270 g/mol. The van der Waals surface area contributed by atoms with Gasteiger partial charge in [-0.05, 0) is 34.6 Å². The molecule has 7 heteroatoms. The molecule has 0 spiro atoms. The Bertz CT molecular complexity index is 542. The maximum Gasteiger partial charge on any atom is 0.244 e. The van der Waals surface area contributed by atoms with Gasteiger partial charge in [-0.3, -0.25) is 14.3 Å². The van der Waals surface area contributed by atoms with Gasteiger partial charge in [-0.1, -0.05) is 0 Å². The quantitative estimate of drug-likeness (QED) is 0.843. The number of hydrogen-bond acceptors (Lipinski definition) is 4. The van der Waals surface area contributed by atoms with Gasteiger partial charge in [0.1, 0.15) is 6.54 Å². The molecule has 1 aromatic rings. The van der Waals surface area contributed by atoms with Gasteiger partial charge < -0.3 is 16.0 Å². The first-order valence-electron chi connectivity index (χ1n) is 6.85. The van der Waals surface area contributed by atoms with Crippen LogP contribution in [0.2, 0.25) is 0 Å². The molecule has 0 atom stereocenters. The Morgan fingerprint density at radius 3 is 2.33 bits per heavy atom. The van der Waals surface area contributed by atoms with E-state index in [4.69, 9.17) is 5.73 Å². The molecule has 118 valence electrons. The fourth-order valence-corrected chi connectivity index (χ4v) is 1.87. The summed E-state index contributed by atoms with van der Waals surface area (Å²) in [7, 11) is 1.60. The molecule has 0 aliphatic heterocycles. The SMILES string of the molecule is Cc1nn(CC(=O)N(C)CC(=O)NC(C)(C)C)c(C)c1N. The molecule has 0 unspecified atom stereocenters. The number of nitrogen functional groups attached to an aromatic ring is 1. The average molecular weight is 295 g/mol. The maximum atomic E-state index is 12.1. The lowest BCUT2D eigenvalue weighted by Gasteiger charge is -2.23. The van der Waals surface area contributed by atoms with Crippen LogP contribution in [0.25, 0.3) is 0 Å². The number of anilines is 1. The Morgan fingerprint density at radius 2 is 1.90 bits per heavy atom. The first-order valence-corrected chi connectivity index (χ1v) is 6.85. The van der Waals surface area contributed by atoms with E-state index in [1.165, 1.54) is 4.90 Å². The molecule has 21 heavy (non-hydrogen) atoms. The third-order valence-corrected chi connectivity index (χ3v) is 3.04. The third-order valence-electron chi connectivity index (χ3n) is 3.04. The summed E-state index contributed by atoms with van der Waals surface area (Å²) in [5.41, 5.74) is 7.57. The molecule has 0 aliphatic rings. The molecule has 0 bridgehead atoms. The lowest BCUT2D eigenvalue weighted by molar-refractivity contribution is -0.135. The summed E-state index contributed by atoms with van der Waals surface area (Å²) in [6.07, 6.45) is 0. The molecule has 0 fully saturated rings. The number of rotatable bonds is 4. The predicted octanol–water partition coefficient (Wildman–Crippen LogP) is 0.455. The number of nitrogens with one attached hydrogen (secondary N) is 1. The van der Waals surface area contributed by atoms with Crippen molar-refractivity contribution in [1.29, 1.82) is 0 Å². The van der Waals surface area contributed by atoms with Crippen LogP contribution >= 0.6 is 0 Å². The minimum Gasteiger partial charge on any atom is -0.396 e. The Kier molecular flexibility index (Phi) is 4.98. The number of aromatic nitrogens is 2. The van der Waals surface area contributed by atoms with Crippen LogP contribution in [0.1, 0.15) is 32.2 Å². The van der Waals surface area contributed by atoms with Crippen molar-refractivity contribution >= 4 is 17.5 Å². The van der Waals surface area contributed by atoms with Gasteiger partial charge in [0.2, 0.25) is 11.8 Å². The summed E-state index contributed by atoms with van der Waals surface area (Å²) in [5, 5.41) is 7.03. The summed E-state index contributed by atoms with van der Waals surface area (Å²) in [6, 6.07) is 0. The first-order chi connectivity index (χ1) is 9.51. The topological polar surface area (TPSA) is 93.2 Å². The van der Waals surface area contributed by atoms with Crippen LogP contribution in [0, 0.1) is 13.8 Å². The molecule has 0 aliphatic carbocycles. The predicted molar refractivity (Wildman–Crippen MR) is 81.6 cm³/mol. The lowest BCUT2D eigenvalue weighted by Crippen LogP contribution is -2.46. The van der Waals surface area contributed by atoms with Crippen LogP contribution in [0.15, 0.2) is 0 Å². The molecule has 2 amide bonds. The van der Waals surface area contributed by atoms with E-state index in [2.05, 4.69) is 10.4 Å². The van der Waals surface area contributed by atoms with Gasteiger partial charge in [-0.25, -0.2) is 0 Å². The zero-order valence-corrected chi connectivity index (χ0v) is 13.6. The number of amides is 2. The number of nitrogens with zero attached hydrogens (tertiary/aromatic N) is 3. The van der Waals surface area contributed by atoms with Crippen molar-refractivity contribution < 1.29 is 9.59 Å². The van der Waals surface area contributed by atoms with E-state index in [9.17, 15) is 9.59 Å². The highest BCUT2D eigenvalue weighted by atomic mass is 16.2. The highest BCUT2D eigenvalue weighted by Crippen LogP contribution is 2.14. The normalized spacial score (nSPS) is 11.3. The number of nitrogens with two attached hydrogens (primary N) is 1. The molecule has 0 saturated heterocycles. The Morgan fingerprint density at radius 1 is 1.33 bits per heavy atom. The van der Waals surface area contributed by atoms with Crippen LogP contribution < -0.4 is 11.1 Å². The largest absolute Gasteiger partial charge is 0.396 e. The van der Waals surface area contributed by atoms with Crippen molar-refractivity contribution in [3.63, 3.8) is 0 Å². The van der Waals surface area contributed by atoms with Gasteiger partial charge in [-0.2, -0.15) is 5.10 Å². The number of hydrogen-bond donors (Lipinski definition) is 2. The van der Waals surface area contributed by atoms with Gasteiger partial charge in [0.05, 0.1) is 23.6 Å². The van der Waals surface area contributed by atoms with Crippen molar-refractivity contribution in [1.82, 2.24) is 20.0 Å². The monoisotopic (exact) mass is 295 g/mol. The maximum absolute atomic E-state index is 12.1. The van der Waals surface area contributed by atoms with E-state index < -0.39 is 0 Å². The van der Waals surface area contributed by atoms with E-state index >= 15 is 0 Å². The van der Waals surface area contributed by atoms with Crippen molar-refractivity contribution in [3.05, 3.63) is 11.4 Å². The summed E-state index contributed by atoms with van der Waals surface area (Å²) in [6.45, 7) is 9.38. The molecule has 7 nitrogen and oxygen atoms in total. The second kappa shape index (κ2) is 6.15. The van der Waals surface area contributed by atoms with E-state index in [1.54, 1.807) is 18.7 Å². The van der Waals surface area contributed by atoms with Gasteiger partial charge in [0.15, 0.2) is 0 Å². The van der Waals surface area contributed by atoms with Crippen molar-refractivity contribution in [2.45, 2.75) is 46.7 Å². The number of aryl methyl sites for hydroxylation is 1. The van der Waals surface area contributed by atoms with E-state index in [0.717, 1.165) is 5.69 Å². The highest BCUT2D eigenvalue weighted by molar-refractivity contribution is 5.84. The fourth-order valence-electron chi connectivity index (χ4n) is 1.87. The third kappa shape index (κ3) is 4.77. The van der Waals surface area contributed by atoms with Crippen molar-refractivity contribution in [2.75, 3.05) is 19.3 Å². The Balaban J connectivity index is 2.63. The van der Waals surface area contributed by atoms with Crippen LogP contribution in [-0.4, -0.2) is 45.6 Å². The van der Waals surface area contributed by atoms with Crippen LogP contribution in [-0.2, 0) is 16.1 Å². The van der Waals surface area contributed by atoms with Crippen LogP contribution in [0.4, 0.5) is 5.69 Å². The minimum atomic E-state index is -0.314. The van der Waals surface area contributed by atoms with Gasteiger partial charge in [0.25, 0.3) is 0 Å². The first kappa shape index (κ1) is 17.0. The molecule has 1 heterocycles. The molecule has 0 aromatic carbocycles. The zero-order valence-electron chi connectivity index (χ0n) is 13.6. The molecule has 1 rings (SSSR count). The van der Waals surface area contributed by atoms with E-state index in [0.29, 0.717) is 11.4 Å². The smallest absolute Gasteiger partial charge is 0.244 e. The van der Waals surface area contributed by atoms with E-state index in [1.807, 2.05) is 27.7 Å². The molecule has 1 aromatic heterocycles. The lowest BCUT2D eigenvalue weighted by atomic mass is 10.1. The van der Waals surface area contributed by atoms with Crippen LogP contribution in [0.5, 0.6) is 0 Å². The number of carbonyl (C=O) groups excluding carboxylic acids is 2. The summed E-state index contributed by atoms with van der Waals surface area (Å²) >= 11 is 0. The van der Waals surface area contributed by atoms with E-state index in [-0.39, 0.29) is 30.4 Å². The zero-order chi connectivity index (χ0) is 16.4. The minimum absolute atomic E-state index is 0.0187. The molecule has 3 N–H and O–H groups in total. The highest BCUT2D eigenvalue weighted by Gasteiger charge is 2.19. The summed E-state index contributed by atoms with van der Waals surface area (Å²) in [5.74, 6) is -0.379. The standard InChI is InChI=1S/C14H25N5O2/c1-9-13(15)10(2)19(17-9)8-12(21)18(6)7-11(20)16-14(3,4)5/h7-8,15H2,1-6H3,(H,16,20). The molecular formula is C14H25N5O2. The average Bonchev–Trinajstić information content (AvgIpc) is 2.54. The molecule has 0 saturated carbocycles. The number of likely N-dealkylation sites (N-methyl/N-ethyl adjacent to an activating group) is 1. The summed E-state index contributed by atoms with van der Waals surface area (Å²) in [4.78, 5) is 25.3. The van der Waals surface area contributed by atoms with Crippen molar-refractivity contribution in [3.8, 4) is 0 Å². The number of carbonyl (C=O) groups is 2. The Labute approximate surface area is 125 Å². The van der Waals surface area contributed by atoms with Gasteiger partial charge in [-0.15, -0.1) is 0 Å². The van der Waals surface area contributed by atoms with Gasteiger partial charge >= 0.3 is 0 Å². The second-order valence-corrected chi connectivity index (χ2v) is 6.29. The summed E-state index contributed by atoms with van der Waals surface area (Å²) < 4.78 is 1.56.